The van der Waals surface area contributed by atoms with E-state index in [9.17, 15) is 0 Å². The van der Waals surface area contributed by atoms with Gasteiger partial charge in [0.05, 0.1) is 13.1 Å². The first kappa shape index (κ1) is 32.4. The number of nitrogens with two attached hydrogens (primary N) is 1. The molecule has 0 unspecified atom stereocenters. The van der Waals surface area contributed by atoms with Crippen LogP contribution < -0.4 is 15.5 Å². The van der Waals surface area contributed by atoms with E-state index in [1.54, 1.807) is 9.36 Å². The van der Waals surface area contributed by atoms with Gasteiger partial charge in [-0.2, -0.15) is 5.26 Å². The van der Waals surface area contributed by atoms with E-state index in [-0.39, 0.29) is 17.5 Å². The molecule has 4 aromatic rings. The van der Waals surface area contributed by atoms with Gasteiger partial charge in [0.1, 0.15) is 17.7 Å². The van der Waals surface area contributed by atoms with Crippen molar-refractivity contribution in [1.82, 2.24) is 39.3 Å². The molecule has 242 valence electrons. The Morgan fingerprint density at radius 1 is 0.783 bits per heavy atom. The number of benzene rings is 2. The summed E-state index contributed by atoms with van der Waals surface area (Å²) in [6.45, 7) is 13.5. The van der Waals surface area contributed by atoms with Gasteiger partial charge >= 0.3 is 0 Å². The van der Waals surface area contributed by atoms with Crippen LogP contribution in [0.15, 0.2) is 53.7 Å². The fraction of sp³-hybridized carbons (Fsp3) is 0.438. The van der Waals surface area contributed by atoms with E-state index in [1.807, 2.05) is 19.9 Å². The van der Waals surface area contributed by atoms with E-state index >= 15 is 0 Å². The molecule has 0 atom stereocenters. The molecule has 0 saturated carbocycles. The molecule has 2 aliphatic heterocycles. The van der Waals surface area contributed by atoms with Crippen molar-refractivity contribution < 1.29 is 5.21 Å². The molecular weight excluding hydrogens is 582 g/mol. The van der Waals surface area contributed by atoms with E-state index in [1.165, 1.54) is 16.9 Å². The molecule has 6 rings (SSSR count). The summed E-state index contributed by atoms with van der Waals surface area (Å²) in [7, 11) is 4.31. The van der Waals surface area contributed by atoms with Crippen LogP contribution in [0, 0.1) is 25.2 Å². The van der Waals surface area contributed by atoms with Crippen molar-refractivity contribution in [2.45, 2.75) is 26.9 Å². The summed E-state index contributed by atoms with van der Waals surface area (Å²) >= 11 is 0. The van der Waals surface area contributed by atoms with Crippen molar-refractivity contribution >= 4 is 17.2 Å². The Morgan fingerprint density at radius 2 is 1.26 bits per heavy atom. The molecule has 2 aromatic heterocycles. The predicted molar refractivity (Wildman–Crippen MR) is 177 cm³/mol. The molecule has 2 fully saturated rings. The Bertz CT molecular complexity index is 1670. The maximum absolute atomic E-state index is 8.88. The average molecular weight is 626 g/mol. The topological polar surface area (TPSA) is 157 Å². The third-order valence-electron chi connectivity index (χ3n) is 8.37. The van der Waals surface area contributed by atoms with Crippen molar-refractivity contribution in [1.29, 1.82) is 5.26 Å². The number of amidine groups is 1. The van der Waals surface area contributed by atoms with Gasteiger partial charge in [0.25, 0.3) is 5.82 Å². The lowest BCUT2D eigenvalue weighted by Crippen LogP contribution is -2.44. The minimum Gasteiger partial charge on any atom is -0.409 e. The van der Waals surface area contributed by atoms with Gasteiger partial charge in [0.2, 0.25) is 11.7 Å². The Labute approximate surface area is 270 Å². The van der Waals surface area contributed by atoms with E-state index < -0.39 is 0 Å². The number of hydrogen-bond donors (Lipinski definition) is 2. The number of piperazine rings is 2. The highest BCUT2D eigenvalue weighted by Gasteiger charge is 2.17. The van der Waals surface area contributed by atoms with Crippen LogP contribution in [0.1, 0.15) is 34.4 Å². The summed E-state index contributed by atoms with van der Waals surface area (Å²) in [5.74, 6) is 1.88. The van der Waals surface area contributed by atoms with Crippen LogP contribution in [0.25, 0.3) is 0 Å². The van der Waals surface area contributed by atoms with Gasteiger partial charge in [-0.3, -0.25) is 0 Å². The molecular formula is C32H43N13O. The zero-order chi connectivity index (χ0) is 32.6. The second-order valence-corrected chi connectivity index (χ2v) is 11.8. The number of nitriles is 1. The molecule has 2 aromatic carbocycles. The summed E-state index contributed by atoms with van der Waals surface area (Å²) in [6, 6.07) is 19.0. The summed E-state index contributed by atoms with van der Waals surface area (Å²) in [6.07, 6.45) is 0. The molecule has 0 radical (unpaired) electrons. The highest BCUT2D eigenvalue weighted by Crippen LogP contribution is 2.20. The third-order valence-corrected chi connectivity index (χ3v) is 8.37. The molecule has 3 N–H and O–H groups in total. The fourth-order valence-electron chi connectivity index (χ4n) is 5.52. The number of nitrogens with zero attached hydrogens (tertiary/aromatic N) is 12. The zero-order valence-electron chi connectivity index (χ0n) is 27.1. The average Bonchev–Trinajstić information content (AvgIpc) is 3.62. The van der Waals surface area contributed by atoms with Crippen LogP contribution in [0.3, 0.4) is 0 Å². The lowest BCUT2D eigenvalue weighted by Gasteiger charge is -2.34. The Morgan fingerprint density at radius 3 is 1.72 bits per heavy atom. The Balaban J connectivity index is 0.000000182. The van der Waals surface area contributed by atoms with Crippen LogP contribution in [-0.2, 0) is 13.1 Å². The maximum atomic E-state index is 8.88. The normalized spacial score (nSPS) is 16.2. The molecule has 0 bridgehead atoms. The van der Waals surface area contributed by atoms with Gasteiger partial charge in [-0.1, -0.05) is 29.4 Å². The second kappa shape index (κ2) is 14.9. The van der Waals surface area contributed by atoms with E-state index in [2.05, 4.69) is 108 Å². The van der Waals surface area contributed by atoms with Crippen LogP contribution >= 0.6 is 0 Å². The Hall–Kier alpha value is -5.00. The number of aromatic nitrogens is 6. The van der Waals surface area contributed by atoms with Crippen molar-refractivity contribution in [3.8, 4) is 6.07 Å². The maximum Gasteiger partial charge on any atom is 0.252 e. The first-order chi connectivity index (χ1) is 22.2. The fourth-order valence-corrected chi connectivity index (χ4v) is 5.52. The van der Waals surface area contributed by atoms with Crippen LogP contribution in [0.4, 0.5) is 11.4 Å². The molecule has 14 heteroatoms. The largest absolute Gasteiger partial charge is 0.409 e. The van der Waals surface area contributed by atoms with Gasteiger partial charge < -0.3 is 30.5 Å². The smallest absolute Gasteiger partial charge is 0.252 e. The van der Waals surface area contributed by atoms with Crippen molar-refractivity contribution in [3.63, 3.8) is 0 Å². The summed E-state index contributed by atoms with van der Waals surface area (Å²) in [5.41, 5.74) is 10.4. The SMILES string of the molecule is Cc1nc(/C(N)=N/O)nn1Cc1cccc(N2CCN(C)CC2)c1.Cc1nc(C#N)nn1Cc1cccc(N2CCN(C)CC2)c1. The monoisotopic (exact) mass is 625 g/mol. The summed E-state index contributed by atoms with van der Waals surface area (Å²) in [5, 5.41) is 29.1. The molecule has 2 saturated heterocycles. The Kier molecular flexibility index (Phi) is 10.5. The summed E-state index contributed by atoms with van der Waals surface area (Å²) in [4.78, 5) is 17.8. The van der Waals surface area contributed by atoms with Gasteiger partial charge in [0.15, 0.2) is 0 Å². The second-order valence-electron chi connectivity index (χ2n) is 11.8. The molecule has 0 aliphatic carbocycles. The van der Waals surface area contributed by atoms with Crippen LogP contribution in [0.2, 0.25) is 0 Å². The molecule has 2 aliphatic rings. The van der Waals surface area contributed by atoms with Crippen LogP contribution in [-0.4, -0.2) is 117 Å². The van der Waals surface area contributed by atoms with Gasteiger partial charge in [-0.25, -0.2) is 19.3 Å². The molecule has 14 nitrogen and oxygen atoms in total. The number of aryl methyl sites for hydroxylation is 2. The lowest BCUT2D eigenvalue weighted by atomic mass is 10.1. The lowest BCUT2D eigenvalue weighted by molar-refractivity contribution is 0.313. The van der Waals surface area contributed by atoms with Crippen molar-refractivity contribution in [3.05, 3.63) is 83.0 Å². The number of likely N-dealkylation sites (N-methyl/N-ethyl adjacent to an activating group) is 2. The van der Waals surface area contributed by atoms with Gasteiger partial charge in [-0.15, -0.1) is 10.2 Å². The first-order valence-electron chi connectivity index (χ1n) is 15.5. The molecule has 0 spiro atoms. The highest BCUT2D eigenvalue weighted by atomic mass is 16.4. The first-order valence-corrected chi connectivity index (χ1v) is 15.5. The quantitative estimate of drug-likeness (QED) is 0.133. The molecule has 46 heavy (non-hydrogen) atoms. The van der Waals surface area contributed by atoms with E-state index in [0.29, 0.717) is 13.1 Å². The standard InChI is InChI=1S/C16H23N7O.C16H20N6/c1-12-18-16(15(17)20-24)19-23(12)11-13-4-3-5-14(10-13)22-8-6-21(2)7-9-22;1-13-18-16(11-17)19-22(13)12-14-4-3-5-15(10-14)21-8-6-20(2)7-9-21/h3-5,10,24H,6-9,11H2,1-2H3,(H2,17,20);3-5,10H,6-9,12H2,1-2H3. The minimum atomic E-state index is -0.0805. The number of oxime groups is 1. The van der Waals surface area contributed by atoms with Crippen molar-refractivity contribution in [2.75, 3.05) is 76.3 Å². The number of rotatable bonds is 7. The summed E-state index contributed by atoms with van der Waals surface area (Å²) < 4.78 is 3.54. The number of anilines is 2. The van der Waals surface area contributed by atoms with Gasteiger partial charge in [-0.05, 0) is 63.3 Å². The predicted octanol–water partition coefficient (Wildman–Crippen LogP) is 1.74. The molecule has 4 heterocycles. The van der Waals surface area contributed by atoms with Gasteiger partial charge in [0, 0.05) is 63.7 Å². The number of hydrogen-bond acceptors (Lipinski definition) is 11. The van der Waals surface area contributed by atoms with Crippen molar-refractivity contribution in [2.24, 2.45) is 10.9 Å². The molecule has 0 amide bonds. The van der Waals surface area contributed by atoms with Crippen LogP contribution in [0.5, 0.6) is 0 Å². The zero-order valence-corrected chi connectivity index (χ0v) is 27.1. The highest BCUT2D eigenvalue weighted by molar-refractivity contribution is 5.93. The minimum absolute atomic E-state index is 0.0805. The van der Waals surface area contributed by atoms with E-state index in [4.69, 9.17) is 16.2 Å². The van der Waals surface area contributed by atoms with E-state index in [0.717, 1.165) is 69.6 Å². The third kappa shape index (κ3) is 8.17.